The van der Waals surface area contributed by atoms with E-state index in [1.54, 1.807) is 0 Å². The molecule has 1 aromatic heterocycles. The van der Waals surface area contributed by atoms with Gasteiger partial charge in [0.15, 0.2) is 18.0 Å². The molecule has 0 aliphatic carbocycles. The van der Waals surface area contributed by atoms with Crippen molar-refractivity contribution in [2.75, 3.05) is 0 Å². The predicted octanol–water partition coefficient (Wildman–Crippen LogP) is 3.19. The highest BCUT2D eigenvalue weighted by Gasteiger charge is 2.15. The lowest BCUT2D eigenvalue weighted by Crippen LogP contribution is -2.37. The number of aromatic nitrogens is 1. The molecule has 19 heavy (non-hydrogen) atoms. The van der Waals surface area contributed by atoms with Crippen LogP contribution in [0.3, 0.4) is 0 Å². The summed E-state index contributed by atoms with van der Waals surface area (Å²) in [5.41, 5.74) is 2.39. The Hall–Kier alpha value is -2.35. The molecule has 2 aromatic carbocycles. The fourth-order valence-electron chi connectivity index (χ4n) is 2.44. The minimum absolute atomic E-state index is 0.331. The highest BCUT2D eigenvalue weighted by atomic mass is 16.3. The number of hydrogen-bond acceptors (Lipinski definition) is 1. The lowest BCUT2D eigenvalue weighted by molar-refractivity contribution is -0.693. The van der Waals surface area contributed by atoms with Crippen LogP contribution in [0.15, 0.2) is 60.8 Å². The number of benzene rings is 2. The van der Waals surface area contributed by atoms with Gasteiger partial charge in [-0.2, -0.15) is 4.57 Å². The van der Waals surface area contributed by atoms with Crippen LogP contribution in [0, 0.1) is 6.92 Å². The van der Waals surface area contributed by atoms with E-state index in [0.717, 1.165) is 23.0 Å². The second-order valence-corrected chi connectivity index (χ2v) is 4.76. The number of rotatable bonds is 2. The highest BCUT2D eigenvalue weighted by Crippen LogP contribution is 2.24. The third-order valence-electron chi connectivity index (χ3n) is 3.50. The van der Waals surface area contributed by atoms with Crippen molar-refractivity contribution < 1.29 is 9.67 Å². The van der Waals surface area contributed by atoms with Gasteiger partial charge >= 0.3 is 0 Å². The fourth-order valence-corrected chi connectivity index (χ4v) is 2.44. The molecule has 2 heteroatoms. The van der Waals surface area contributed by atoms with E-state index in [0.29, 0.717) is 5.75 Å². The summed E-state index contributed by atoms with van der Waals surface area (Å²) < 4.78 is 2.09. The van der Waals surface area contributed by atoms with E-state index in [-0.39, 0.29) is 0 Å². The van der Waals surface area contributed by atoms with Gasteiger partial charge < -0.3 is 5.11 Å². The van der Waals surface area contributed by atoms with Gasteiger partial charge in [-0.25, -0.2) is 0 Å². The van der Waals surface area contributed by atoms with Crippen LogP contribution in [0.4, 0.5) is 0 Å². The molecule has 0 bridgehead atoms. The Morgan fingerprint density at radius 2 is 1.53 bits per heavy atom. The van der Waals surface area contributed by atoms with Gasteiger partial charge in [-0.1, -0.05) is 48.5 Å². The number of aryl methyl sites for hydroxylation is 1. The maximum Gasteiger partial charge on any atom is 0.212 e. The summed E-state index contributed by atoms with van der Waals surface area (Å²) in [5, 5.41) is 12.1. The normalized spacial score (nSPS) is 10.8. The summed E-state index contributed by atoms with van der Waals surface area (Å²) in [4.78, 5) is 0. The number of hydrogen-bond donors (Lipinski definition) is 1. The molecule has 0 aliphatic heterocycles. The topological polar surface area (TPSA) is 24.1 Å². The van der Waals surface area contributed by atoms with E-state index in [9.17, 15) is 5.11 Å². The molecule has 0 atom stereocenters. The fraction of sp³-hybridized carbons (Fsp3) is 0.118. The van der Waals surface area contributed by atoms with Crippen LogP contribution in [-0.4, -0.2) is 5.11 Å². The minimum atomic E-state index is 0.331. The lowest BCUT2D eigenvalue weighted by Gasteiger charge is -2.06. The predicted molar refractivity (Wildman–Crippen MR) is 76.1 cm³/mol. The van der Waals surface area contributed by atoms with Gasteiger partial charge in [0.1, 0.15) is 0 Å². The van der Waals surface area contributed by atoms with Crippen LogP contribution in [0.1, 0.15) is 11.3 Å². The second-order valence-electron chi connectivity index (χ2n) is 4.76. The van der Waals surface area contributed by atoms with E-state index in [1.807, 2.05) is 48.7 Å². The van der Waals surface area contributed by atoms with Crippen molar-refractivity contribution in [3.63, 3.8) is 0 Å². The van der Waals surface area contributed by atoms with Gasteiger partial charge in [-0.3, -0.25) is 0 Å². The molecule has 0 unspecified atom stereocenters. The van der Waals surface area contributed by atoms with Crippen molar-refractivity contribution in [1.29, 1.82) is 0 Å². The van der Waals surface area contributed by atoms with Crippen LogP contribution >= 0.6 is 0 Å². The summed E-state index contributed by atoms with van der Waals surface area (Å²) in [5.74, 6) is 0.331. The summed E-state index contributed by atoms with van der Waals surface area (Å²) in [7, 11) is 0. The Morgan fingerprint density at radius 1 is 0.895 bits per heavy atom. The number of fused-ring (bicyclic) bond motifs is 1. The average Bonchev–Trinajstić information content (AvgIpc) is 2.46. The van der Waals surface area contributed by atoms with Crippen molar-refractivity contribution in [3.05, 3.63) is 72.1 Å². The van der Waals surface area contributed by atoms with Crippen molar-refractivity contribution in [2.45, 2.75) is 13.5 Å². The van der Waals surface area contributed by atoms with Gasteiger partial charge in [0.05, 0.1) is 5.39 Å². The molecule has 0 amide bonds. The first-order chi connectivity index (χ1) is 9.25. The molecule has 0 spiro atoms. The van der Waals surface area contributed by atoms with Crippen molar-refractivity contribution in [1.82, 2.24) is 0 Å². The van der Waals surface area contributed by atoms with Gasteiger partial charge in [-0.05, 0) is 6.07 Å². The zero-order chi connectivity index (χ0) is 13.2. The number of nitrogens with zero attached hydrogens (tertiary/aromatic N) is 1. The van der Waals surface area contributed by atoms with E-state index in [4.69, 9.17) is 0 Å². The van der Waals surface area contributed by atoms with Crippen LogP contribution in [-0.2, 0) is 6.54 Å². The molecule has 2 nitrogen and oxygen atoms in total. The second kappa shape index (κ2) is 4.73. The molecule has 94 valence electrons. The maximum atomic E-state index is 10.1. The Kier molecular flexibility index (Phi) is 2.92. The average molecular weight is 250 g/mol. The van der Waals surface area contributed by atoms with Gasteiger partial charge in [0.25, 0.3) is 0 Å². The first-order valence-electron chi connectivity index (χ1n) is 6.40. The Morgan fingerprint density at radius 3 is 2.26 bits per heavy atom. The SMILES string of the molecule is Cc1c2ccccc2c(O)c[n+]1Cc1ccccc1. The maximum absolute atomic E-state index is 10.1. The zero-order valence-electron chi connectivity index (χ0n) is 10.9. The third-order valence-corrected chi connectivity index (χ3v) is 3.50. The largest absolute Gasteiger partial charge is 0.502 e. The molecule has 0 saturated heterocycles. The van der Waals surface area contributed by atoms with Crippen LogP contribution < -0.4 is 4.57 Å². The van der Waals surface area contributed by atoms with Crippen LogP contribution in [0.25, 0.3) is 10.8 Å². The van der Waals surface area contributed by atoms with Gasteiger partial charge in [-0.15, -0.1) is 0 Å². The molecular weight excluding hydrogens is 234 g/mol. The Balaban J connectivity index is 2.12. The lowest BCUT2D eigenvalue weighted by atomic mass is 10.1. The first-order valence-corrected chi connectivity index (χ1v) is 6.40. The molecule has 0 radical (unpaired) electrons. The molecule has 3 aromatic rings. The first kappa shape index (κ1) is 11.7. The van der Waals surface area contributed by atoms with Crippen molar-refractivity contribution in [3.8, 4) is 5.75 Å². The van der Waals surface area contributed by atoms with E-state index in [1.165, 1.54) is 5.56 Å². The van der Waals surface area contributed by atoms with Crippen molar-refractivity contribution in [2.24, 2.45) is 0 Å². The smallest absolute Gasteiger partial charge is 0.212 e. The van der Waals surface area contributed by atoms with Crippen LogP contribution in [0.5, 0.6) is 5.75 Å². The number of pyridine rings is 1. The third kappa shape index (κ3) is 2.17. The standard InChI is InChI=1S/C17H15NO/c1-13-15-9-5-6-10-16(15)17(19)12-18(13)11-14-7-3-2-4-8-14/h2-10,12H,11H2,1H3/p+1. The highest BCUT2D eigenvalue weighted by molar-refractivity contribution is 5.88. The summed E-state index contributed by atoms with van der Waals surface area (Å²) in [6.45, 7) is 2.86. The van der Waals surface area contributed by atoms with E-state index in [2.05, 4.69) is 23.6 Å². The minimum Gasteiger partial charge on any atom is -0.502 e. The summed E-state index contributed by atoms with van der Waals surface area (Å²) in [6, 6.07) is 18.2. The molecule has 3 rings (SSSR count). The number of aromatic hydroxyl groups is 1. The molecule has 0 fully saturated rings. The van der Waals surface area contributed by atoms with Gasteiger partial charge in [0, 0.05) is 17.9 Å². The monoisotopic (exact) mass is 250 g/mol. The van der Waals surface area contributed by atoms with E-state index >= 15 is 0 Å². The molecule has 1 N–H and O–H groups in total. The zero-order valence-corrected chi connectivity index (χ0v) is 10.9. The summed E-state index contributed by atoms with van der Waals surface area (Å²) >= 11 is 0. The molecule has 0 saturated carbocycles. The Bertz CT molecular complexity index is 720. The Labute approximate surface area is 112 Å². The van der Waals surface area contributed by atoms with Gasteiger partial charge in [0.2, 0.25) is 6.20 Å². The quantitative estimate of drug-likeness (QED) is 0.694. The molecule has 1 heterocycles. The molecular formula is C17H16NO+. The van der Waals surface area contributed by atoms with Crippen LogP contribution in [0.2, 0.25) is 0 Å². The molecule has 0 aliphatic rings. The van der Waals surface area contributed by atoms with Crippen molar-refractivity contribution >= 4 is 10.8 Å². The van der Waals surface area contributed by atoms with E-state index < -0.39 is 0 Å². The summed E-state index contributed by atoms with van der Waals surface area (Å²) in [6.07, 6.45) is 1.81.